The lowest BCUT2D eigenvalue weighted by Gasteiger charge is -2.43. The minimum Gasteiger partial charge on any atom is -0.479 e. The van der Waals surface area contributed by atoms with E-state index in [1.54, 1.807) is 25.3 Å². The molecule has 1 unspecified atom stereocenters. The molecule has 1 aromatic carbocycles. The molecule has 2 saturated heterocycles. The van der Waals surface area contributed by atoms with Crippen LogP contribution in [0, 0.1) is 0 Å². The first-order valence-electron chi connectivity index (χ1n) is 31.6. The van der Waals surface area contributed by atoms with Crippen LogP contribution in [0.2, 0.25) is 0 Å². The lowest BCUT2D eigenvalue weighted by atomic mass is 9.97. The van der Waals surface area contributed by atoms with Gasteiger partial charge in [0.15, 0.2) is 12.1 Å². The minimum absolute atomic E-state index is 0.0420. The van der Waals surface area contributed by atoms with Crippen molar-refractivity contribution in [2.24, 2.45) is 5.73 Å². The van der Waals surface area contributed by atoms with E-state index in [0.29, 0.717) is 176 Å². The summed E-state index contributed by atoms with van der Waals surface area (Å²) in [7, 11) is 3.58. The van der Waals surface area contributed by atoms with Crippen molar-refractivity contribution in [1.82, 2.24) is 20.9 Å². The van der Waals surface area contributed by atoms with Crippen molar-refractivity contribution in [3.05, 3.63) is 35.9 Å². The molecule has 8 N–H and O–H groups in total. The van der Waals surface area contributed by atoms with E-state index in [2.05, 4.69) is 21.3 Å². The molecule has 7 amide bonds. The van der Waals surface area contributed by atoms with E-state index in [1.807, 2.05) is 7.05 Å². The summed E-state index contributed by atoms with van der Waals surface area (Å²) in [5, 5.41) is 30.8. The lowest BCUT2D eigenvalue weighted by Crippen LogP contribution is -2.59. The standard InChI is InChI=1S/C61H99N7O24/c1-68(17-6-4-8-50(68)59(62)75)45-46-9-10-51(91-58-43-47(69)42-52(92-58)61(77)78)49(41-46)66-54(71)13-16-64-60(76)48(65-55(72)44-67-56(73)11-12-57(67)74)7-3-5-15-63-53(70)14-18-80-21-22-82-25-26-84-29-30-86-33-34-88-37-38-90-40-39-89-36-35-87-32-31-85-28-27-83-24-23-81-20-19-79-2/h9-12,41,47-48,50,52,58,69H,3-8,13-40,42-45H2,1-2H3,(H6-,62,63,64,65,66,70,71,72,75,76,77,78)/p+1/t47-,48-,50+,52-,58+,68?/m0/s1. The van der Waals surface area contributed by atoms with Crippen LogP contribution in [0.25, 0.3) is 0 Å². The number of nitrogens with zero attached hydrogens (tertiary/aromatic N) is 2. The molecule has 3 aliphatic heterocycles. The quantitative estimate of drug-likeness (QED) is 0.0242. The van der Waals surface area contributed by atoms with Gasteiger partial charge in [0.25, 0.3) is 17.7 Å². The Morgan fingerprint density at radius 2 is 1.15 bits per heavy atom. The number of hydrogen-bond acceptors (Lipinski definition) is 23. The maximum atomic E-state index is 13.6. The Balaban J connectivity index is 1.03. The second-order valence-electron chi connectivity index (χ2n) is 21.9. The van der Waals surface area contributed by atoms with Crippen LogP contribution in [0.1, 0.15) is 69.8 Å². The average molecular weight is 1320 g/mol. The highest BCUT2D eigenvalue weighted by Gasteiger charge is 2.40. The molecule has 522 valence electrons. The van der Waals surface area contributed by atoms with Crippen molar-refractivity contribution >= 4 is 53.0 Å². The summed E-state index contributed by atoms with van der Waals surface area (Å²) < 4.78 is 77.1. The number of rotatable bonds is 55. The highest BCUT2D eigenvalue weighted by atomic mass is 16.7. The number of aliphatic hydroxyl groups excluding tert-OH is 1. The van der Waals surface area contributed by atoms with Gasteiger partial charge in [-0.3, -0.25) is 38.5 Å². The molecule has 3 heterocycles. The van der Waals surface area contributed by atoms with Gasteiger partial charge in [0.1, 0.15) is 24.9 Å². The van der Waals surface area contributed by atoms with E-state index in [-0.39, 0.29) is 75.8 Å². The highest BCUT2D eigenvalue weighted by molar-refractivity contribution is 6.14. The maximum absolute atomic E-state index is 13.6. The SMILES string of the molecule is COCCOCCOCCOCCOCCOCCOCCOCCOCCOCCOCCOCCC(=O)NCCCC[C@H](NC(=O)CN1C(=O)C=CC1=O)C(=O)NCCC(=O)Nc1cc(C[N+]2(C)CCCC[C@@H]2C(N)=O)ccc1O[C@H]1C[C@@H](O)C[C@@H](C(=O)O)O1. The normalized spacial score (nSPS) is 19.2. The summed E-state index contributed by atoms with van der Waals surface area (Å²) in [5.41, 5.74) is 6.73. The van der Waals surface area contributed by atoms with Crippen LogP contribution in [-0.2, 0) is 106 Å². The van der Waals surface area contributed by atoms with E-state index >= 15 is 0 Å². The van der Waals surface area contributed by atoms with Gasteiger partial charge in [0, 0.05) is 70.0 Å². The van der Waals surface area contributed by atoms with E-state index in [4.69, 9.17) is 72.0 Å². The van der Waals surface area contributed by atoms with Gasteiger partial charge in [-0.2, -0.15) is 0 Å². The van der Waals surface area contributed by atoms with Gasteiger partial charge in [0.05, 0.1) is 177 Å². The molecule has 4 rings (SSSR count). The number of methoxy groups -OCH3 is 1. The molecule has 3 aliphatic rings. The van der Waals surface area contributed by atoms with E-state index in [1.165, 1.54) is 0 Å². The number of aliphatic carboxylic acids is 1. The van der Waals surface area contributed by atoms with Crippen molar-refractivity contribution in [1.29, 1.82) is 0 Å². The molecule has 31 heteroatoms. The number of aliphatic hydroxyl groups is 1. The first-order valence-corrected chi connectivity index (χ1v) is 31.6. The maximum Gasteiger partial charge on any atom is 0.333 e. The summed E-state index contributed by atoms with van der Waals surface area (Å²) >= 11 is 0. The third-order valence-electron chi connectivity index (χ3n) is 14.5. The average Bonchev–Trinajstić information content (AvgIpc) is 1.02. The Kier molecular flexibility index (Phi) is 40.9. The third-order valence-corrected chi connectivity index (χ3v) is 14.5. The minimum atomic E-state index is -1.32. The molecule has 0 aliphatic carbocycles. The number of amides is 7. The third kappa shape index (κ3) is 34.3. The monoisotopic (exact) mass is 1310 g/mol. The number of carboxylic acids is 1. The zero-order valence-corrected chi connectivity index (χ0v) is 53.5. The fourth-order valence-electron chi connectivity index (χ4n) is 9.72. The van der Waals surface area contributed by atoms with Crippen LogP contribution in [0.4, 0.5) is 5.69 Å². The second-order valence-corrected chi connectivity index (χ2v) is 21.9. The fourth-order valence-corrected chi connectivity index (χ4v) is 9.72. The number of likely N-dealkylation sites (N-methyl/N-ethyl adjacent to an activating group) is 1. The van der Waals surface area contributed by atoms with Crippen LogP contribution >= 0.6 is 0 Å². The lowest BCUT2D eigenvalue weighted by molar-refractivity contribution is -0.941. The number of nitrogens with one attached hydrogen (secondary N) is 4. The van der Waals surface area contributed by atoms with Gasteiger partial charge in [-0.25, -0.2) is 4.79 Å². The molecule has 92 heavy (non-hydrogen) atoms. The van der Waals surface area contributed by atoms with Crippen LogP contribution in [0.15, 0.2) is 30.4 Å². The number of imide groups is 1. The number of nitrogens with two attached hydrogens (primary N) is 1. The number of unbranched alkanes of at least 4 members (excludes halogenated alkanes) is 1. The van der Waals surface area contributed by atoms with Crippen LogP contribution < -0.4 is 31.7 Å². The number of carbonyl (C=O) groups is 8. The smallest absolute Gasteiger partial charge is 0.333 e. The van der Waals surface area contributed by atoms with E-state index in [0.717, 1.165) is 35.5 Å². The number of primary amides is 1. The predicted molar refractivity (Wildman–Crippen MR) is 327 cm³/mol. The molecular formula is C61H100N7O24+. The van der Waals surface area contributed by atoms with Gasteiger partial charge in [0.2, 0.25) is 29.9 Å². The molecule has 0 aromatic heterocycles. The second kappa shape index (κ2) is 47.9. The Labute approximate surface area is 538 Å². The van der Waals surface area contributed by atoms with Crippen molar-refractivity contribution < 1.29 is 119 Å². The topological polar surface area (TPSA) is 384 Å². The van der Waals surface area contributed by atoms with Crippen molar-refractivity contribution in [2.75, 3.05) is 198 Å². The number of ether oxygens (including phenoxy) is 14. The summed E-state index contributed by atoms with van der Waals surface area (Å²) in [6, 6.07) is 3.42. The first-order chi connectivity index (χ1) is 44.6. The highest BCUT2D eigenvalue weighted by Crippen LogP contribution is 2.33. The zero-order valence-electron chi connectivity index (χ0n) is 53.5. The number of carbonyl (C=O) groups excluding carboxylic acids is 7. The summed E-state index contributed by atoms with van der Waals surface area (Å²) in [5.74, 6) is -5.17. The van der Waals surface area contributed by atoms with Crippen molar-refractivity contribution in [3.8, 4) is 5.75 Å². The molecule has 2 fully saturated rings. The molecule has 0 saturated carbocycles. The number of piperidine rings is 1. The number of anilines is 1. The van der Waals surface area contributed by atoms with Gasteiger partial charge in [-0.1, -0.05) is 0 Å². The molecule has 1 aromatic rings. The molecule has 0 spiro atoms. The molecule has 0 bridgehead atoms. The van der Waals surface area contributed by atoms with Crippen LogP contribution in [0.3, 0.4) is 0 Å². The molecule has 0 radical (unpaired) electrons. The predicted octanol–water partition coefficient (Wildman–Crippen LogP) is -0.639. The van der Waals surface area contributed by atoms with Crippen LogP contribution in [-0.4, -0.2) is 290 Å². The Hall–Kier alpha value is -5.88. The molecule has 31 nitrogen and oxygen atoms in total. The number of benzene rings is 1. The van der Waals surface area contributed by atoms with E-state index < -0.39 is 78.5 Å². The van der Waals surface area contributed by atoms with Crippen molar-refractivity contribution in [2.45, 2.75) is 101 Å². The largest absolute Gasteiger partial charge is 0.479 e. The van der Waals surface area contributed by atoms with Crippen LogP contribution in [0.5, 0.6) is 5.75 Å². The van der Waals surface area contributed by atoms with Gasteiger partial charge in [-0.05, 0) is 50.3 Å². The fraction of sp³-hybridized carbons (Fsp3) is 0.738. The Bertz CT molecular complexity index is 2340. The van der Waals surface area contributed by atoms with Gasteiger partial charge in [-0.15, -0.1) is 0 Å². The van der Waals surface area contributed by atoms with Gasteiger partial charge >= 0.3 is 5.97 Å². The zero-order chi connectivity index (χ0) is 66.4. The van der Waals surface area contributed by atoms with Gasteiger partial charge < -0.3 is 108 Å². The Morgan fingerprint density at radius 3 is 1.65 bits per heavy atom. The van der Waals surface area contributed by atoms with E-state index in [9.17, 15) is 48.6 Å². The summed E-state index contributed by atoms with van der Waals surface area (Å²) in [6.07, 6.45) is 1.44. The first kappa shape index (κ1) is 78.6. The molecular weight excluding hydrogens is 1210 g/mol. The summed E-state index contributed by atoms with van der Waals surface area (Å²) in [4.78, 5) is 102. The van der Waals surface area contributed by atoms with Crippen molar-refractivity contribution in [3.63, 3.8) is 0 Å². The number of quaternary nitrogens is 1. The number of carboxylic acid groups (broad SMARTS) is 1. The number of hydrogen-bond donors (Lipinski definition) is 7. The summed E-state index contributed by atoms with van der Waals surface area (Å²) in [6.45, 7) is 10.5. The Morgan fingerprint density at radius 1 is 0.641 bits per heavy atom. The number of likely N-dealkylation sites (tertiary alicyclic amines) is 1. The molecule has 6 atom stereocenters.